The van der Waals surface area contributed by atoms with E-state index in [-0.39, 0.29) is 5.91 Å². The van der Waals surface area contributed by atoms with Crippen molar-refractivity contribution < 1.29 is 14.6 Å². The minimum Gasteiger partial charge on any atom is -0.494 e. The number of thioether (sulfide) groups is 1. The quantitative estimate of drug-likeness (QED) is 0.496. The minimum atomic E-state index is -0.704. The summed E-state index contributed by atoms with van der Waals surface area (Å²) in [7, 11) is 1.81. The number of rotatable bonds is 10. The number of carbonyl (C=O) groups excluding carboxylic acids is 1. The molecule has 1 aromatic heterocycles. The Morgan fingerprint density at radius 2 is 2.12 bits per heavy atom. The molecule has 1 N–H and O–H groups in total. The van der Waals surface area contributed by atoms with Crippen LogP contribution in [-0.2, 0) is 11.8 Å². The molecule has 0 unspecified atom stereocenters. The Labute approximate surface area is 157 Å². The van der Waals surface area contributed by atoms with E-state index in [2.05, 4.69) is 15.5 Å². The van der Waals surface area contributed by atoms with Gasteiger partial charge in [-0.25, -0.2) is 4.68 Å². The average molecular weight is 379 g/mol. The van der Waals surface area contributed by atoms with Crippen molar-refractivity contribution in [2.24, 2.45) is 7.05 Å². The summed E-state index contributed by atoms with van der Waals surface area (Å²) in [5.41, 5.74) is 0.766. The fourth-order valence-electron chi connectivity index (χ4n) is 2.34. The maximum absolute atomic E-state index is 11.4. The fraction of sp³-hybridized carbons (Fsp3) is 0.529. The lowest BCUT2D eigenvalue weighted by atomic mass is 10.1. The number of hydrogen-bond donors (Lipinski definition) is 1. The van der Waals surface area contributed by atoms with Crippen LogP contribution in [0.15, 0.2) is 29.4 Å². The van der Waals surface area contributed by atoms with Crippen molar-refractivity contribution in [1.29, 1.82) is 0 Å². The molecule has 0 aliphatic carbocycles. The molecule has 1 aromatic carbocycles. The van der Waals surface area contributed by atoms with Crippen LogP contribution in [0.2, 0.25) is 0 Å². The van der Waals surface area contributed by atoms with Gasteiger partial charge in [0.25, 0.3) is 0 Å². The second-order valence-corrected chi connectivity index (χ2v) is 6.84. The van der Waals surface area contributed by atoms with Crippen molar-refractivity contribution in [1.82, 2.24) is 25.1 Å². The molecule has 2 aromatic rings. The van der Waals surface area contributed by atoms with Crippen molar-refractivity contribution in [2.45, 2.75) is 31.5 Å². The number of hydrogen-bond acceptors (Lipinski definition) is 7. The summed E-state index contributed by atoms with van der Waals surface area (Å²) in [6, 6.07) is 7.33. The molecule has 26 heavy (non-hydrogen) atoms. The van der Waals surface area contributed by atoms with Gasteiger partial charge in [0.05, 0.1) is 19.3 Å². The molecule has 1 heterocycles. The van der Waals surface area contributed by atoms with E-state index in [0.717, 1.165) is 28.6 Å². The van der Waals surface area contributed by atoms with Gasteiger partial charge in [-0.15, -0.1) is 5.10 Å². The number of carbonyl (C=O) groups is 1. The highest BCUT2D eigenvalue weighted by atomic mass is 32.2. The molecule has 0 radical (unpaired) electrons. The van der Waals surface area contributed by atoms with Gasteiger partial charge in [-0.2, -0.15) is 0 Å². The number of benzene rings is 1. The molecule has 1 atom stereocenters. The molecule has 8 nitrogen and oxygen atoms in total. The highest BCUT2D eigenvalue weighted by molar-refractivity contribution is 7.99. The number of amides is 1. The number of likely N-dealkylation sites (N-methyl/N-ethyl adjacent to an activating group) is 1. The van der Waals surface area contributed by atoms with Gasteiger partial charge < -0.3 is 14.7 Å². The summed E-state index contributed by atoms with van der Waals surface area (Å²) in [5.74, 6) is 1.58. The fourth-order valence-corrected chi connectivity index (χ4v) is 3.10. The molecule has 1 amide bonds. The summed E-state index contributed by atoms with van der Waals surface area (Å²) < 4.78 is 7.35. The third-order valence-electron chi connectivity index (χ3n) is 3.86. The van der Waals surface area contributed by atoms with E-state index in [9.17, 15) is 9.90 Å². The third kappa shape index (κ3) is 5.99. The molecule has 9 heteroatoms. The monoisotopic (exact) mass is 379 g/mol. The molecule has 0 aliphatic heterocycles. The number of nitrogens with zero attached hydrogens (tertiary/aromatic N) is 5. The molecule has 142 valence electrons. The van der Waals surface area contributed by atoms with Crippen LogP contribution in [0.25, 0.3) is 0 Å². The van der Waals surface area contributed by atoms with Crippen LogP contribution in [0.4, 0.5) is 0 Å². The number of ether oxygens (including phenoxy) is 1. The second-order valence-electron chi connectivity index (χ2n) is 5.78. The minimum absolute atomic E-state index is 0.0403. The van der Waals surface area contributed by atoms with Crippen LogP contribution < -0.4 is 4.74 Å². The van der Waals surface area contributed by atoms with Gasteiger partial charge in [0.1, 0.15) is 5.75 Å². The number of tetrazole rings is 1. The molecular weight excluding hydrogens is 354 g/mol. The first-order valence-electron chi connectivity index (χ1n) is 8.52. The Hall–Kier alpha value is -2.13. The number of aromatic nitrogens is 4. The predicted octanol–water partition coefficient (Wildman–Crippen LogP) is 1.67. The standard InChI is InChI=1S/C17H25N5O3S/c1-4-22(13(2)23)12-16(24)14-6-8-15(9-7-14)25-10-5-11-26-17-18-19-20-21(17)3/h6-9,16,24H,4-5,10-12H2,1-3H3/t16-/m0/s1. The van der Waals surface area contributed by atoms with E-state index in [1.54, 1.807) is 21.3 Å². The first-order valence-corrected chi connectivity index (χ1v) is 9.51. The lowest BCUT2D eigenvalue weighted by Gasteiger charge is -2.22. The maximum Gasteiger partial charge on any atom is 0.219 e. The van der Waals surface area contributed by atoms with Gasteiger partial charge in [-0.3, -0.25) is 4.79 Å². The van der Waals surface area contributed by atoms with E-state index >= 15 is 0 Å². The number of aliphatic hydroxyl groups excluding tert-OH is 1. The average Bonchev–Trinajstić information content (AvgIpc) is 3.04. The van der Waals surface area contributed by atoms with Crippen molar-refractivity contribution in [3.63, 3.8) is 0 Å². The molecule has 0 fully saturated rings. The summed E-state index contributed by atoms with van der Waals surface area (Å²) in [4.78, 5) is 13.1. The molecule has 0 bridgehead atoms. The molecule has 2 rings (SSSR count). The van der Waals surface area contributed by atoms with Crippen LogP contribution in [0, 0.1) is 0 Å². The van der Waals surface area contributed by atoms with Gasteiger partial charge in [-0.05, 0) is 41.5 Å². The summed E-state index contributed by atoms with van der Waals surface area (Å²) in [6.07, 6.45) is 0.163. The number of aliphatic hydroxyl groups is 1. The van der Waals surface area contributed by atoms with Crippen LogP contribution >= 0.6 is 11.8 Å². The zero-order chi connectivity index (χ0) is 18.9. The lowest BCUT2D eigenvalue weighted by Crippen LogP contribution is -2.32. The van der Waals surface area contributed by atoms with Crippen molar-refractivity contribution in [3.8, 4) is 5.75 Å². The van der Waals surface area contributed by atoms with Crippen molar-refractivity contribution in [3.05, 3.63) is 29.8 Å². The van der Waals surface area contributed by atoms with Crippen molar-refractivity contribution >= 4 is 17.7 Å². The Morgan fingerprint density at radius 3 is 2.69 bits per heavy atom. The highest BCUT2D eigenvalue weighted by Crippen LogP contribution is 2.19. The van der Waals surface area contributed by atoms with E-state index < -0.39 is 6.10 Å². The van der Waals surface area contributed by atoms with Crippen LogP contribution in [0.1, 0.15) is 31.9 Å². The molecule has 0 spiro atoms. The zero-order valence-corrected chi connectivity index (χ0v) is 16.1. The van der Waals surface area contributed by atoms with Gasteiger partial charge in [0, 0.05) is 26.3 Å². The predicted molar refractivity (Wildman–Crippen MR) is 99.0 cm³/mol. The van der Waals surface area contributed by atoms with E-state index in [1.807, 2.05) is 38.2 Å². The van der Waals surface area contributed by atoms with E-state index in [1.165, 1.54) is 6.92 Å². The molecule has 0 saturated carbocycles. The zero-order valence-electron chi connectivity index (χ0n) is 15.3. The third-order valence-corrected chi connectivity index (χ3v) is 4.95. The van der Waals surface area contributed by atoms with E-state index in [4.69, 9.17) is 4.74 Å². The Bertz CT molecular complexity index is 692. The Kier molecular flexibility index (Phi) is 7.86. The second kappa shape index (κ2) is 10.1. The van der Waals surface area contributed by atoms with Gasteiger partial charge >= 0.3 is 0 Å². The van der Waals surface area contributed by atoms with Crippen LogP contribution in [0.5, 0.6) is 5.75 Å². The van der Waals surface area contributed by atoms with Gasteiger partial charge in [-0.1, -0.05) is 23.9 Å². The first kappa shape index (κ1) is 20.2. The van der Waals surface area contributed by atoms with Gasteiger partial charge in [0.2, 0.25) is 11.1 Å². The summed E-state index contributed by atoms with van der Waals surface area (Å²) in [5, 5.41) is 22.3. The Balaban J connectivity index is 1.73. The topological polar surface area (TPSA) is 93.4 Å². The summed E-state index contributed by atoms with van der Waals surface area (Å²) in [6.45, 7) is 4.86. The van der Waals surface area contributed by atoms with Gasteiger partial charge in [0.15, 0.2) is 0 Å². The lowest BCUT2D eigenvalue weighted by molar-refractivity contribution is -0.130. The smallest absolute Gasteiger partial charge is 0.219 e. The maximum atomic E-state index is 11.4. The number of aryl methyl sites for hydroxylation is 1. The molecule has 0 aliphatic rings. The SMILES string of the molecule is CCN(C[C@H](O)c1ccc(OCCCSc2nnnn2C)cc1)C(C)=O. The highest BCUT2D eigenvalue weighted by Gasteiger charge is 2.14. The largest absolute Gasteiger partial charge is 0.494 e. The summed E-state index contributed by atoms with van der Waals surface area (Å²) >= 11 is 1.59. The normalized spacial score (nSPS) is 12.0. The van der Waals surface area contributed by atoms with Crippen LogP contribution in [-0.4, -0.2) is 61.6 Å². The van der Waals surface area contributed by atoms with E-state index in [0.29, 0.717) is 19.7 Å². The molecular formula is C17H25N5O3S. The molecule has 0 saturated heterocycles. The Morgan fingerprint density at radius 1 is 1.38 bits per heavy atom. The van der Waals surface area contributed by atoms with Crippen LogP contribution in [0.3, 0.4) is 0 Å². The first-order chi connectivity index (χ1) is 12.5. The van der Waals surface area contributed by atoms with Crippen molar-refractivity contribution in [2.75, 3.05) is 25.4 Å².